The Morgan fingerprint density at radius 3 is 0.769 bits per heavy atom. The number of rotatable bonds is 8. The molecule has 0 unspecified atom stereocenters. The first-order valence-electron chi connectivity index (χ1n) is 7.20. The Morgan fingerprint density at radius 1 is 0.500 bits per heavy atom. The van der Waals surface area contributed by atoms with E-state index in [1.165, 1.54) is 27.7 Å². The molecule has 0 aliphatic carbocycles. The summed E-state index contributed by atoms with van der Waals surface area (Å²) in [6.45, 7) is 18.6. The summed E-state index contributed by atoms with van der Waals surface area (Å²) in [6.07, 6.45) is 0. The summed E-state index contributed by atoms with van der Waals surface area (Å²) in [5.74, 6) is -2.35. The van der Waals surface area contributed by atoms with Gasteiger partial charge >= 0.3 is 23.9 Å². The topological polar surface area (TPSA) is 105 Å². The van der Waals surface area contributed by atoms with Crippen LogP contribution in [0.4, 0.5) is 0 Å². The van der Waals surface area contributed by atoms with E-state index in [1.807, 2.05) is 0 Å². The molecule has 0 radical (unpaired) electrons. The maximum atomic E-state index is 10.8. The van der Waals surface area contributed by atoms with E-state index < -0.39 is 37.5 Å². The van der Waals surface area contributed by atoms with Crippen LogP contribution in [0.3, 0.4) is 0 Å². The van der Waals surface area contributed by atoms with Gasteiger partial charge < -0.3 is 18.9 Å². The zero-order chi connectivity index (χ0) is 20.9. The predicted octanol–water partition coefficient (Wildman–Crippen LogP) is 2.37. The van der Waals surface area contributed by atoms with Crippen LogP contribution < -0.4 is 0 Å². The summed E-state index contributed by atoms with van der Waals surface area (Å²) < 4.78 is 18.0. The molecule has 8 heteroatoms. The largest absolute Gasteiger partial charge is 0.425 e. The molecule has 0 aliphatic rings. The van der Waals surface area contributed by atoms with Crippen molar-refractivity contribution >= 4 is 23.9 Å². The first kappa shape index (κ1) is 25.1. The van der Waals surface area contributed by atoms with Crippen LogP contribution in [0.1, 0.15) is 27.7 Å². The van der Waals surface area contributed by atoms with Gasteiger partial charge in [0.15, 0.2) is 0 Å². The molecule has 26 heavy (non-hydrogen) atoms. The number of carbonyl (C=O) groups is 4. The van der Waals surface area contributed by atoms with Crippen LogP contribution in [0.5, 0.6) is 0 Å². The lowest BCUT2D eigenvalue weighted by Crippen LogP contribution is -2.13. The van der Waals surface area contributed by atoms with Gasteiger partial charge in [-0.1, -0.05) is 26.3 Å². The molecule has 0 amide bonds. The highest BCUT2D eigenvalue weighted by Crippen LogP contribution is 1.96. The number of ether oxygens (including phenoxy) is 4. The summed E-state index contributed by atoms with van der Waals surface area (Å²) in [5, 5.41) is 0. The van der Waals surface area contributed by atoms with Gasteiger partial charge in [-0.2, -0.15) is 0 Å². The van der Waals surface area contributed by atoms with Gasteiger partial charge in [0, 0.05) is 22.3 Å². The van der Waals surface area contributed by atoms with Crippen LogP contribution in [0.15, 0.2) is 48.6 Å². The van der Waals surface area contributed by atoms with Gasteiger partial charge in [-0.05, 0) is 27.7 Å². The average Bonchev–Trinajstić information content (AvgIpc) is 2.54. The fourth-order valence-electron chi connectivity index (χ4n) is 0.766. The number of hydrogen-bond donors (Lipinski definition) is 0. The van der Waals surface area contributed by atoms with E-state index in [4.69, 9.17) is 0 Å². The maximum absolute atomic E-state index is 10.8. The molecule has 144 valence electrons. The number of carbonyl (C=O) groups excluding carboxylic acids is 4. The van der Waals surface area contributed by atoms with Crippen molar-refractivity contribution < 1.29 is 38.1 Å². The number of hydrogen-bond acceptors (Lipinski definition) is 8. The highest BCUT2D eigenvalue weighted by atomic mass is 16.7. The molecule has 0 fully saturated rings. The molecular weight excluding hydrogens is 344 g/mol. The fourth-order valence-corrected chi connectivity index (χ4v) is 0.766. The normalized spacial score (nSPS) is 8.77. The lowest BCUT2D eigenvalue weighted by molar-refractivity contribution is -0.163. The molecule has 0 spiro atoms. The summed E-state index contributed by atoms with van der Waals surface area (Å²) in [6, 6.07) is 0. The Bertz CT molecular complexity index is 507. The minimum Gasteiger partial charge on any atom is -0.425 e. The van der Waals surface area contributed by atoms with E-state index in [0.717, 1.165) is 0 Å². The van der Waals surface area contributed by atoms with Crippen molar-refractivity contribution in [3.8, 4) is 0 Å². The lowest BCUT2D eigenvalue weighted by atomic mass is 10.4. The Morgan fingerprint density at radius 2 is 0.654 bits per heavy atom. The minimum atomic E-state index is -0.588. The second-order valence-electron chi connectivity index (χ2n) is 5.08. The summed E-state index contributed by atoms with van der Waals surface area (Å²) >= 11 is 0. The third-order valence-electron chi connectivity index (χ3n) is 2.15. The molecule has 0 saturated heterocycles. The zero-order valence-corrected chi connectivity index (χ0v) is 15.5. The Kier molecular flexibility index (Phi) is 12.7. The SMILES string of the molecule is C=C(C)C(=O)OCOC(=O)C(=C)C.C=C(C)C(=O)OCOC(=O)C(=C)C. The summed E-state index contributed by atoms with van der Waals surface area (Å²) in [7, 11) is 0. The van der Waals surface area contributed by atoms with E-state index in [0.29, 0.717) is 0 Å². The predicted molar refractivity (Wildman–Crippen MR) is 93.4 cm³/mol. The van der Waals surface area contributed by atoms with E-state index >= 15 is 0 Å². The molecule has 0 aliphatic heterocycles. The molecule has 0 aromatic rings. The van der Waals surface area contributed by atoms with E-state index in [-0.39, 0.29) is 22.3 Å². The van der Waals surface area contributed by atoms with Crippen LogP contribution in [-0.2, 0) is 38.1 Å². The standard InChI is InChI=1S/2C9H12O4/c2*1-6(2)8(10)12-5-13-9(11)7(3)4/h2*1,3,5H2,2,4H3. The third kappa shape index (κ3) is 13.3. The smallest absolute Gasteiger partial charge is 0.335 e. The first-order chi connectivity index (χ1) is 11.9. The van der Waals surface area contributed by atoms with Gasteiger partial charge in [-0.15, -0.1) is 0 Å². The lowest BCUT2D eigenvalue weighted by Gasteiger charge is -2.04. The second kappa shape index (κ2) is 13.2. The first-order valence-corrected chi connectivity index (χ1v) is 7.20. The molecular formula is C18H24O8. The van der Waals surface area contributed by atoms with Gasteiger partial charge in [0.25, 0.3) is 0 Å². The van der Waals surface area contributed by atoms with Crippen molar-refractivity contribution in [3.05, 3.63) is 48.6 Å². The van der Waals surface area contributed by atoms with Crippen LogP contribution in [0, 0.1) is 0 Å². The van der Waals surface area contributed by atoms with E-state index in [1.54, 1.807) is 0 Å². The summed E-state index contributed by atoms with van der Waals surface area (Å²) in [4.78, 5) is 43.0. The van der Waals surface area contributed by atoms with Crippen molar-refractivity contribution in [2.24, 2.45) is 0 Å². The van der Waals surface area contributed by atoms with Gasteiger partial charge in [0.1, 0.15) is 0 Å². The maximum Gasteiger partial charge on any atom is 0.335 e. The highest BCUT2D eigenvalue weighted by Gasteiger charge is 2.07. The molecule has 8 nitrogen and oxygen atoms in total. The highest BCUT2D eigenvalue weighted by molar-refractivity contribution is 5.89. The van der Waals surface area contributed by atoms with Crippen LogP contribution in [0.25, 0.3) is 0 Å². The van der Waals surface area contributed by atoms with Crippen molar-refractivity contribution in [2.45, 2.75) is 27.7 Å². The van der Waals surface area contributed by atoms with Gasteiger partial charge in [0.2, 0.25) is 13.6 Å². The van der Waals surface area contributed by atoms with Gasteiger partial charge in [-0.3, -0.25) is 0 Å². The van der Waals surface area contributed by atoms with E-state index in [9.17, 15) is 19.2 Å². The minimum absolute atomic E-state index is 0.256. The Hall–Kier alpha value is -3.16. The molecule has 0 heterocycles. The quantitative estimate of drug-likeness (QED) is 0.365. The molecule has 0 N–H and O–H groups in total. The van der Waals surface area contributed by atoms with E-state index in [2.05, 4.69) is 45.3 Å². The third-order valence-corrected chi connectivity index (χ3v) is 2.15. The van der Waals surface area contributed by atoms with Crippen molar-refractivity contribution in [1.29, 1.82) is 0 Å². The average molecular weight is 368 g/mol. The second-order valence-corrected chi connectivity index (χ2v) is 5.08. The summed E-state index contributed by atoms with van der Waals surface area (Å²) in [5.41, 5.74) is 1.02. The van der Waals surface area contributed by atoms with Gasteiger partial charge in [0.05, 0.1) is 0 Å². The van der Waals surface area contributed by atoms with Crippen LogP contribution >= 0.6 is 0 Å². The molecule has 0 bridgehead atoms. The molecule has 0 aromatic heterocycles. The van der Waals surface area contributed by atoms with Crippen molar-refractivity contribution in [1.82, 2.24) is 0 Å². The van der Waals surface area contributed by atoms with Crippen molar-refractivity contribution in [2.75, 3.05) is 13.6 Å². The van der Waals surface area contributed by atoms with Gasteiger partial charge in [-0.25, -0.2) is 19.2 Å². The molecule has 0 atom stereocenters. The zero-order valence-electron chi connectivity index (χ0n) is 15.5. The number of esters is 4. The fraction of sp³-hybridized carbons (Fsp3) is 0.333. The molecule has 0 rings (SSSR count). The van der Waals surface area contributed by atoms with Crippen LogP contribution in [-0.4, -0.2) is 37.5 Å². The molecule has 0 aromatic carbocycles. The Labute approximate surface area is 152 Å². The monoisotopic (exact) mass is 368 g/mol. The van der Waals surface area contributed by atoms with Crippen LogP contribution in [0.2, 0.25) is 0 Å². The van der Waals surface area contributed by atoms with Crippen molar-refractivity contribution in [3.63, 3.8) is 0 Å². The Balaban J connectivity index is 0. The molecule has 0 saturated carbocycles.